The van der Waals surface area contributed by atoms with E-state index in [-0.39, 0.29) is 0 Å². The van der Waals surface area contributed by atoms with E-state index in [0.717, 1.165) is 5.70 Å². The van der Waals surface area contributed by atoms with E-state index in [9.17, 15) is 0 Å². The Bertz CT molecular complexity index is 256. The Morgan fingerprint density at radius 3 is 2.30 bits per heavy atom. The van der Waals surface area contributed by atoms with E-state index in [1.807, 2.05) is 6.92 Å². The van der Waals surface area contributed by atoms with Gasteiger partial charge in [0, 0.05) is 17.6 Å². The van der Waals surface area contributed by atoms with Crippen molar-refractivity contribution < 1.29 is 0 Å². The van der Waals surface area contributed by atoms with Crippen LogP contribution in [0.5, 0.6) is 0 Å². The Labute approximate surface area is 62.0 Å². The lowest BCUT2D eigenvalue weighted by Gasteiger charge is -2.01. The van der Waals surface area contributed by atoms with E-state index >= 15 is 0 Å². The molecule has 1 aromatic heterocycles. The molecule has 54 valence electrons. The lowest BCUT2D eigenvalue weighted by molar-refractivity contribution is 1.03. The van der Waals surface area contributed by atoms with E-state index in [1.54, 1.807) is 0 Å². The first kappa shape index (κ1) is 7.13. The van der Waals surface area contributed by atoms with Crippen molar-refractivity contribution >= 4 is 5.70 Å². The van der Waals surface area contributed by atoms with Crippen LogP contribution >= 0.6 is 0 Å². The van der Waals surface area contributed by atoms with Gasteiger partial charge in [0.1, 0.15) is 0 Å². The maximum Gasteiger partial charge on any atom is 0.0195 e. The van der Waals surface area contributed by atoms with Crippen molar-refractivity contribution in [2.45, 2.75) is 20.8 Å². The van der Waals surface area contributed by atoms with E-state index < -0.39 is 0 Å². The predicted octanol–water partition coefficient (Wildman–Crippen LogP) is 2.60. The highest BCUT2D eigenvalue weighted by atomic mass is 15.0. The molecule has 0 amide bonds. The van der Waals surface area contributed by atoms with Gasteiger partial charge in [0.15, 0.2) is 0 Å². The molecule has 1 rings (SSSR count). The van der Waals surface area contributed by atoms with Crippen molar-refractivity contribution in [2.75, 3.05) is 0 Å². The van der Waals surface area contributed by atoms with Gasteiger partial charge >= 0.3 is 0 Å². The lowest BCUT2D eigenvalue weighted by atomic mass is 10.4. The molecular formula is C9H13N. The molecule has 0 N–H and O–H groups in total. The Hall–Kier alpha value is -0.980. The fourth-order valence-electron chi connectivity index (χ4n) is 1.15. The molecule has 0 fully saturated rings. The van der Waals surface area contributed by atoms with Gasteiger partial charge in [-0.1, -0.05) is 6.58 Å². The van der Waals surface area contributed by atoms with Gasteiger partial charge in [-0.3, -0.25) is 0 Å². The van der Waals surface area contributed by atoms with Gasteiger partial charge in [0.25, 0.3) is 0 Å². The molecule has 0 saturated heterocycles. The van der Waals surface area contributed by atoms with E-state index in [0.29, 0.717) is 0 Å². The summed E-state index contributed by atoms with van der Waals surface area (Å²) in [5.41, 5.74) is 3.62. The second-order valence-corrected chi connectivity index (χ2v) is 2.76. The molecule has 0 radical (unpaired) electrons. The first-order chi connectivity index (χ1) is 4.61. The molecule has 0 unspecified atom stereocenters. The first-order valence-corrected chi connectivity index (χ1v) is 3.42. The number of aryl methyl sites for hydroxylation is 2. The van der Waals surface area contributed by atoms with Crippen LogP contribution < -0.4 is 0 Å². The average molecular weight is 135 g/mol. The third-order valence-corrected chi connectivity index (χ3v) is 1.56. The Morgan fingerprint density at radius 1 is 1.50 bits per heavy atom. The van der Waals surface area contributed by atoms with Gasteiger partial charge in [0.2, 0.25) is 0 Å². The smallest absolute Gasteiger partial charge is 0.0195 e. The molecule has 0 saturated carbocycles. The zero-order valence-corrected chi connectivity index (χ0v) is 6.81. The molecule has 10 heavy (non-hydrogen) atoms. The van der Waals surface area contributed by atoms with Crippen LogP contribution in [0.3, 0.4) is 0 Å². The van der Waals surface area contributed by atoms with Gasteiger partial charge < -0.3 is 4.57 Å². The summed E-state index contributed by atoms with van der Waals surface area (Å²) < 4.78 is 2.09. The summed E-state index contributed by atoms with van der Waals surface area (Å²) in [4.78, 5) is 0. The molecule has 1 heterocycles. The van der Waals surface area contributed by atoms with Crippen molar-refractivity contribution in [1.29, 1.82) is 0 Å². The van der Waals surface area contributed by atoms with Crippen molar-refractivity contribution in [3.05, 3.63) is 30.1 Å². The molecule has 0 spiro atoms. The van der Waals surface area contributed by atoms with Crippen LogP contribution in [0.2, 0.25) is 0 Å². The van der Waals surface area contributed by atoms with Crippen LogP contribution in [0.25, 0.3) is 5.70 Å². The molecule has 1 heteroatoms. The summed E-state index contributed by atoms with van der Waals surface area (Å²) in [5, 5.41) is 0. The molecular weight excluding hydrogens is 122 g/mol. The highest BCUT2D eigenvalue weighted by Gasteiger charge is 1.96. The summed E-state index contributed by atoms with van der Waals surface area (Å²) in [6, 6.07) is 2.15. The molecule has 0 atom stereocenters. The van der Waals surface area contributed by atoms with Crippen LogP contribution in [0.4, 0.5) is 0 Å². The quantitative estimate of drug-likeness (QED) is 0.557. The van der Waals surface area contributed by atoms with Gasteiger partial charge in [0.05, 0.1) is 0 Å². The topological polar surface area (TPSA) is 4.93 Å². The average Bonchev–Trinajstić information content (AvgIpc) is 2.10. The van der Waals surface area contributed by atoms with Crippen molar-refractivity contribution in [1.82, 2.24) is 4.57 Å². The monoisotopic (exact) mass is 135 g/mol. The minimum Gasteiger partial charge on any atom is -0.326 e. The summed E-state index contributed by atoms with van der Waals surface area (Å²) in [6.45, 7) is 10.0. The summed E-state index contributed by atoms with van der Waals surface area (Å²) in [7, 11) is 0. The highest BCUT2D eigenvalue weighted by molar-refractivity contribution is 5.42. The van der Waals surface area contributed by atoms with Crippen LogP contribution in [0.15, 0.2) is 18.8 Å². The normalized spacial score (nSPS) is 9.90. The van der Waals surface area contributed by atoms with E-state index in [4.69, 9.17) is 0 Å². The third kappa shape index (κ3) is 1.13. The molecule has 1 aromatic rings. The van der Waals surface area contributed by atoms with Gasteiger partial charge in [-0.05, 0) is 32.4 Å². The van der Waals surface area contributed by atoms with E-state index in [1.165, 1.54) is 11.3 Å². The Balaban J connectivity index is 3.15. The molecule has 0 aliphatic carbocycles. The fraction of sp³-hybridized carbons (Fsp3) is 0.333. The number of nitrogens with zero attached hydrogens (tertiary/aromatic N) is 1. The molecule has 1 nitrogen and oxygen atoms in total. The van der Waals surface area contributed by atoms with Crippen LogP contribution in [-0.2, 0) is 0 Å². The predicted molar refractivity (Wildman–Crippen MR) is 44.9 cm³/mol. The fourth-order valence-corrected chi connectivity index (χ4v) is 1.15. The van der Waals surface area contributed by atoms with E-state index in [2.05, 4.69) is 37.3 Å². The number of rotatable bonds is 1. The SMILES string of the molecule is C=C(C)n1cc(C)cc1C. The van der Waals surface area contributed by atoms with Crippen molar-refractivity contribution in [2.24, 2.45) is 0 Å². The summed E-state index contributed by atoms with van der Waals surface area (Å²) in [6.07, 6.45) is 2.09. The minimum atomic E-state index is 1.07. The number of allylic oxidation sites excluding steroid dienone is 1. The number of hydrogen-bond acceptors (Lipinski definition) is 0. The summed E-state index contributed by atoms with van der Waals surface area (Å²) in [5.74, 6) is 0. The largest absolute Gasteiger partial charge is 0.326 e. The molecule has 0 aliphatic heterocycles. The second kappa shape index (κ2) is 2.33. The van der Waals surface area contributed by atoms with Gasteiger partial charge in [-0.25, -0.2) is 0 Å². The third-order valence-electron chi connectivity index (χ3n) is 1.56. The Kier molecular flexibility index (Phi) is 1.66. The number of hydrogen-bond donors (Lipinski definition) is 0. The maximum atomic E-state index is 3.86. The number of aromatic nitrogens is 1. The Morgan fingerprint density at radius 2 is 2.10 bits per heavy atom. The van der Waals surface area contributed by atoms with Crippen LogP contribution in [-0.4, -0.2) is 4.57 Å². The second-order valence-electron chi connectivity index (χ2n) is 2.76. The summed E-state index contributed by atoms with van der Waals surface area (Å²) >= 11 is 0. The zero-order chi connectivity index (χ0) is 7.72. The lowest BCUT2D eigenvalue weighted by Crippen LogP contribution is -1.90. The van der Waals surface area contributed by atoms with Crippen LogP contribution in [0, 0.1) is 13.8 Å². The van der Waals surface area contributed by atoms with Crippen molar-refractivity contribution in [3.63, 3.8) is 0 Å². The molecule has 0 bridgehead atoms. The minimum absolute atomic E-state index is 1.07. The maximum absolute atomic E-state index is 3.86. The molecule has 0 aliphatic rings. The van der Waals surface area contributed by atoms with Crippen LogP contribution in [0.1, 0.15) is 18.2 Å². The zero-order valence-electron chi connectivity index (χ0n) is 6.81. The van der Waals surface area contributed by atoms with Gasteiger partial charge in [-0.15, -0.1) is 0 Å². The first-order valence-electron chi connectivity index (χ1n) is 3.42. The van der Waals surface area contributed by atoms with Crippen molar-refractivity contribution in [3.8, 4) is 0 Å². The highest BCUT2D eigenvalue weighted by Crippen LogP contribution is 2.10. The standard InChI is InChI=1S/C9H13N/c1-7(2)10-6-8(3)5-9(10)4/h5-6H,1H2,2-4H3. The van der Waals surface area contributed by atoms with Gasteiger partial charge in [-0.2, -0.15) is 0 Å². The molecule has 0 aromatic carbocycles.